The van der Waals surface area contributed by atoms with Crippen molar-refractivity contribution in [1.82, 2.24) is 9.88 Å². The largest absolute Gasteiger partial charge is 0.488 e. The highest BCUT2D eigenvalue weighted by atomic mass is 32.2. The van der Waals surface area contributed by atoms with Crippen molar-refractivity contribution < 1.29 is 9.53 Å². The van der Waals surface area contributed by atoms with Gasteiger partial charge in [-0.3, -0.25) is 9.69 Å². The van der Waals surface area contributed by atoms with Crippen LogP contribution in [0.15, 0.2) is 82.7 Å². The number of aromatic nitrogens is 1. The number of benzene rings is 2. The normalized spacial score (nSPS) is 16.3. The molecule has 1 saturated heterocycles. The molecule has 0 atom stereocenters. The Kier molecular flexibility index (Phi) is 6.64. The number of amides is 1. The number of thiazole rings is 1. The number of nitrogens with zero attached hydrogens (tertiary/aromatic N) is 3. The van der Waals surface area contributed by atoms with Gasteiger partial charge in [0.25, 0.3) is 5.91 Å². The second kappa shape index (κ2) is 9.76. The van der Waals surface area contributed by atoms with Gasteiger partial charge >= 0.3 is 0 Å². The fraction of sp³-hybridized carbons (Fsp3) is 0.125. The van der Waals surface area contributed by atoms with Gasteiger partial charge in [0.05, 0.1) is 4.91 Å². The van der Waals surface area contributed by atoms with E-state index in [1.165, 1.54) is 28.7 Å². The molecule has 7 heteroatoms. The van der Waals surface area contributed by atoms with E-state index in [0.29, 0.717) is 28.4 Å². The topological polar surface area (TPSA) is 54.8 Å². The molecule has 31 heavy (non-hydrogen) atoms. The Labute approximate surface area is 189 Å². The second-order valence-electron chi connectivity index (χ2n) is 6.84. The van der Waals surface area contributed by atoms with E-state index in [-0.39, 0.29) is 5.91 Å². The predicted molar refractivity (Wildman–Crippen MR) is 129 cm³/mol. The fourth-order valence-electron chi connectivity index (χ4n) is 2.95. The molecule has 0 radical (unpaired) electrons. The molecule has 0 spiro atoms. The molecule has 4 rings (SSSR count). The standard InChI is InChI=1S/C24H21N3O2S2/c1-3-13-27-22(28)21(31-24(27)26-23-25-12-14-30-23)15-19-6-4-5-7-20(19)29-16-18-10-8-17(2)9-11-18/h3-12,14-15H,1,13,16H2,2H3/b21-15-,26-24+. The lowest BCUT2D eigenvalue weighted by Gasteiger charge is -2.12. The minimum absolute atomic E-state index is 0.103. The van der Waals surface area contributed by atoms with Crippen LogP contribution in [-0.4, -0.2) is 27.5 Å². The molecular weight excluding hydrogens is 426 g/mol. The van der Waals surface area contributed by atoms with Crippen molar-refractivity contribution in [2.45, 2.75) is 13.5 Å². The lowest BCUT2D eigenvalue weighted by atomic mass is 10.1. The third-order valence-electron chi connectivity index (χ3n) is 4.53. The van der Waals surface area contributed by atoms with Crippen molar-refractivity contribution >= 4 is 45.4 Å². The first-order valence-electron chi connectivity index (χ1n) is 9.72. The zero-order valence-corrected chi connectivity index (χ0v) is 18.7. The number of hydrogen-bond acceptors (Lipinski definition) is 6. The molecule has 3 aromatic rings. The Balaban J connectivity index is 1.58. The summed E-state index contributed by atoms with van der Waals surface area (Å²) >= 11 is 2.76. The van der Waals surface area contributed by atoms with Crippen LogP contribution in [0.25, 0.3) is 6.08 Å². The van der Waals surface area contributed by atoms with Gasteiger partial charge in [0.2, 0.25) is 5.13 Å². The van der Waals surface area contributed by atoms with Crippen LogP contribution < -0.4 is 4.74 Å². The summed E-state index contributed by atoms with van der Waals surface area (Å²) in [6.45, 7) is 6.67. The van der Waals surface area contributed by atoms with Crippen LogP contribution in [0, 0.1) is 6.92 Å². The molecule has 0 N–H and O–H groups in total. The van der Waals surface area contributed by atoms with Crippen molar-refractivity contribution in [3.05, 3.63) is 94.4 Å². The van der Waals surface area contributed by atoms with Gasteiger partial charge in [-0.25, -0.2) is 4.98 Å². The van der Waals surface area contributed by atoms with Gasteiger partial charge in [-0.15, -0.1) is 17.9 Å². The third kappa shape index (κ3) is 5.13. The summed E-state index contributed by atoms with van der Waals surface area (Å²) in [5.41, 5.74) is 3.15. The molecule has 0 aliphatic carbocycles. The Morgan fingerprint density at radius 2 is 2.00 bits per heavy atom. The van der Waals surface area contributed by atoms with Crippen LogP contribution in [0.3, 0.4) is 0 Å². The SMILES string of the molecule is C=CCN1C(=O)/C(=C/c2ccccc2OCc2ccc(C)cc2)S/C1=N/c1nccs1. The maximum atomic E-state index is 13.0. The van der Waals surface area contributed by atoms with Crippen LogP contribution >= 0.6 is 23.1 Å². The lowest BCUT2D eigenvalue weighted by Crippen LogP contribution is -2.29. The summed E-state index contributed by atoms with van der Waals surface area (Å²) in [5, 5.41) is 3.08. The van der Waals surface area contributed by atoms with Gasteiger partial charge in [-0.2, -0.15) is 4.99 Å². The van der Waals surface area contributed by atoms with Gasteiger partial charge in [-0.05, 0) is 36.4 Å². The molecule has 1 aromatic heterocycles. The van der Waals surface area contributed by atoms with Crippen molar-refractivity contribution in [3.8, 4) is 5.75 Å². The minimum atomic E-state index is -0.103. The molecule has 1 amide bonds. The minimum Gasteiger partial charge on any atom is -0.488 e. The first kappa shape index (κ1) is 21.1. The van der Waals surface area contributed by atoms with E-state index in [9.17, 15) is 4.79 Å². The van der Waals surface area contributed by atoms with E-state index in [1.54, 1.807) is 17.2 Å². The molecule has 0 bridgehead atoms. The number of ether oxygens (including phenoxy) is 1. The number of thioether (sulfide) groups is 1. The molecule has 0 unspecified atom stereocenters. The summed E-state index contributed by atoms with van der Waals surface area (Å²) in [4.78, 5) is 23.9. The van der Waals surface area contributed by atoms with Gasteiger partial charge in [0.15, 0.2) is 5.17 Å². The number of para-hydroxylation sites is 1. The average molecular weight is 448 g/mol. The maximum Gasteiger partial charge on any atom is 0.267 e. The summed E-state index contributed by atoms with van der Waals surface area (Å²) < 4.78 is 6.06. The van der Waals surface area contributed by atoms with Gasteiger partial charge in [0.1, 0.15) is 12.4 Å². The van der Waals surface area contributed by atoms with Crippen LogP contribution in [0.2, 0.25) is 0 Å². The van der Waals surface area contributed by atoms with Crippen molar-refractivity contribution in [3.63, 3.8) is 0 Å². The summed E-state index contributed by atoms with van der Waals surface area (Å²) in [5.74, 6) is 0.623. The number of aliphatic imine (C=N–C) groups is 1. The highest BCUT2D eigenvalue weighted by molar-refractivity contribution is 8.18. The highest BCUT2D eigenvalue weighted by Crippen LogP contribution is 2.35. The van der Waals surface area contributed by atoms with Crippen molar-refractivity contribution in [1.29, 1.82) is 0 Å². The number of carbonyl (C=O) groups is 1. The summed E-state index contributed by atoms with van der Waals surface area (Å²) in [6, 6.07) is 16.0. The van der Waals surface area contributed by atoms with Crippen molar-refractivity contribution in [2.24, 2.45) is 4.99 Å². The van der Waals surface area contributed by atoms with E-state index in [4.69, 9.17) is 4.74 Å². The highest BCUT2D eigenvalue weighted by Gasteiger charge is 2.33. The zero-order valence-electron chi connectivity index (χ0n) is 17.0. The Bertz CT molecular complexity index is 1140. The molecule has 1 aliphatic heterocycles. The van der Waals surface area contributed by atoms with E-state index >= 15 is 0 Å². The van der Waals surface area contributed by atoms with Crippen LogP contribution in [-0.2, 0) is 11.4 Å². The first-order chi connectivity index (χ1) is 15.1. The molecule has 1 aliphatic rings. The third-order valence-corrected chi connectivity index (χ3v) is 6.20. The van der Waals surface area contributed by atoms with E-state index in [1.807, 2.05) is 35.7 Å². The monoisotopic (exact) mass is 447 g/mol. The average Bonchev–Trinajstić information content (AvgIpc) is 3.39. The lowest BCUT2D eigenvalue weighted by molar-refractivity contribution is -0.121. The maximum absolute atomic E-state index is 13.0. The molecule has 156 valence electrons. The number of carbonyl (C=O) groups excluding carboxylic acids is 1. The predicted octanol–water partition coefficient (Wildman–Crippen LogP) is 5.82. The van der Waals surface area contributed by atoms with Crippen LogP contribution in [0.5, 0.6) is 5.75 Å². The quantitative estimate of drug-likeness (QED) is 0.338. The van der Waals surface area contributed by atoms with Gasteiger partial charge in [-0.1, -0.05) is 54.1 Å². The number of aryl methyl sites for hydroxylation is 1. The van der Waals surface area contributed by atoms with E-state index < -0.39 is 0 Å². The molecule has 2 heterocycles. The van der Waals surface area contributed by atoms with E-state index in [2.05, 4.69) is 47.7 Å². The number of amidine groups is 1. The van der Waals surface area contributed by atoms with Crippen LogP contribution in [0.4, 0.5) is 5.13 Å². The summed E-state index contributed by atoms with van der Waals surface area (Å²) in [6.07, 6.45) is 5.25. The molecule has 1 fully saturated rings. The number of hydrogen-bond donors (Lipinski definition) is 0. The Morgan fingerprint density at radius 3 is 2.74 bits per heavy atom. The first-order valence-corrected chi connectivity index (χ1v) is 11.4. The second-order valence-corrected chi connectivity index (χ2v) is 8.72. The van der Waals surface area contributed by atoms with Crippen molar-refractivity contribution in [2.75, 3.05) is 6.54 Å². The molecular formula is C24H21N3O2S2. The van der Waals surface area contributed by atoms with Gasteiger partial charge < -0.3 is 4.74 Å². The summed E-state index contributed by atoms with van der Waals surface area (Å²) in [7, 11) is 0. The molecule has 0 saturated carbocycles. The van der Waals surface area contributed by atoms with Crippen LogP contribution in [0.1, 0.15) is 16.7 Å². The van der Waals surface area contributed by atoms with Gasteiger partial charge in [0, 0.05) is 23.7 Å². The molecule has 5 nitrogen and oxygen atoms in total. The Morgan fingerprint density at radius 1 is 1.19 bits per heavy atom. The molecule has 2 aromatic carbocycles. The smallest absolute Gasteiger partial charge is 0.267 e. The Hall–Kier alpha value is -3.16. The van der Waals surface area contributed by atoms with E-state index in [0.717, 1.165) is 16.9 Å². The number of rotatable bonds is 7. The zero-order chi connectivity index (χ0) is 21.6. The fourth-order valence-corrected chi connectivity index (χ4v) is 4.49.